The first-order chi connectivity index (χ1) is 12.2. The summed E-state index contributed by atoms with van der Waals surface area (Å²) in [7, 11) is 0. The fraction of sp³-hybridized carbons (Fsp3) is 0.381. The highest BCUT2D eigenvalue weighted by Gasteiger charge is 2.18. The molecule has 1 saturated heterocycles. The average molecular weight is 336 g/mol. The Kier molecular flexibility index (Phi) is 4.45. The van der Waals surface area contributed by atoms with E-state index in [2.05, 4.69) is 35.4 Å². The summed E-state index contributed by atoms with van der Waals surface area (Å²) in [5, 5.41) is 6.55. The summed E-state index contributed by atoms with van der Waals surface area (Å²) in [6, 6.07) is 14.5. The lowest BCUT2D eigenvalue weighted by Gasteiger charge is -2.15. The SMILES string of the molecule is C[C@@H](CC[C@H]1CCCO1)NC(=O)c1cc2c(ccc3ccccc32)[nH]1. The highest BCUT2D eigenvalue weighted by Crippen LogP contribution is 2.26. The Bertz CT molecular complexity index is 893. The van der Waals surface area contributed by atoms with Gasteiger partial charge in [-0.1, -0.05) is 30.3 Å². The van der Waals surface area contributed by atoms with E-state index in [1.54, 1.807) is 0 Å². The van der Waals surface area contributed by atoms with Crippen LogP contribution in [0.2, 0.25) is 0 Å². The van der Waals surface area contributed by atoms with Crippen LogP contribution in [0.4, 0.5) is 0 Å². The van der Waals surface area contributed by atoms with E-state index in [9.17, 15) is 4.79 Å². The quantitative estimate of drug-likeness (QED) is 0.725. The second-order valence-corrected chi connectivity index (χ2v) is 7.02. The number of rotatable bonds is 5. The van der Waals surface area contributed by atoms with E-state index >= 15 is 0 Å². The number of H-pyrrole nitrogens is 1. The van der Waals surface area contributed by atoms with E-state index in [4.69, 9.17) is 4.74 Å². The fourth-order valence-electron chi connectivity index (χ4n) is 3.69. The Balaban J connectivity index is 1.47. The Morgan fingerprint density at radius 1 is 1.28 bits per heavy atom. The zero-order valence-electron chi connectivity index (χ0n) is 14.5. The molecule has 2 atom stereocenters. The van der Waals surface area contributed by atoms with Gasteiger partial charge in [0, 0.05) is 23.6 Å². The topological polar surface area (TPSA) is 54.1 Å². The molecule has 2 N–H and O–H groups in total. The molecule has 0 aliphatic carbocycles. The number of benzene rings is 2. The molecule has 0 unspecified atom stereocenters. The van der Waals surface area contributed by atoms with E-state index < -0.39 is 0 Å². The van der Waals surface area contributed by atoms with Gasteiger partial charge in [-0.05, 0) is 55.5 Å². The number of carbonyl (C=O) groups is 1. The van der Waals surface area contributed by atoms with Gasteiger partial charge >= 0.3 is 0 Å². The number of aromatic nitrogens is 1. The lowest BCUT2D eigenvalue weighted by molar-refractivity contribution is 0.0896. The van der Waals surface area contributed by atoms with Crippen molar-refractivity contribution in [3.05, 3.63) is 48.2 Å². The van der Waals surface area contributed by atoms with E-state index in [-0.39, 0.29) is 11.9 Å². The van der Waals surface area contributed by atoms with Crippen LogP contribution in [0.25, 0.3) is 21.7 Å². The van der Waals surface area contributed by atoms with Crippen LogP contribution in [0.5, 0.6) is 0 Å². The summed E-state index contributed by atoms with van der Waals surface area (Å²) < 4.78 is 5.65. The lowest BCUT2D eigenvalue weighted by Crippen LogP contribution is -2.33. The van der Waals surface area contributed by atoms with Crippen LogP contribution >= 0.6 is 0 Å². The van der Waals surface area contributed by atoms with Gasteiger partial charge in [0.25, 0.3) is 5.91 Å². The molecule has 1 amide bonds. The minimum absolute atomic E-state index is 0.0416. The van der Waals surface area contributed by atoms with E-state index in [1.807, 2.05) is 24.3 Å². The van der Waals surface area contributed by atoms with Gasteiger partial charge in [0.15, 0.2) is 0 Å². The van der Waals surface area contributed by atoms with Crippen molar-refractivity contribution < 1.29 is 9.53 Å². The first-order valence-corrected chi connectivity index (χ1v) is 9.13. The molecule has 1 fully saturated rings. The number of nitrogens with one attached hydrogen (secondary N) is 2. The fourth-order valence-corrected chi connectivity index (χ4v) is 3.69. The highest BCUT2D eigenvalue weighted by molar-refractivity contribution is 6.09. The molecule has 1 aliphatic rings. The van der Waals surface area contributed by atoms with Gasteiger partial charge in [-0.2, -0.15) is 0 Å². The molecule has 4 heteroatoms. The third-order valence-electron chi connectivity index (χ3n) is 5.10. The molecule has 1 aromatic heterocycles. The summed E-state index contributed by atoms with van der Waals surface area (Å²) in [4.78, 5) is 15.8. The smallest absolute Gasteiger partial charge is 0.267 e. The van der Waals surface area contributed by atoms with E-state index in [0.29, 0.717) is 11.8 Å². The van der Waals surface area contributed by atoms with Crippen LogP contribution in [0.3, 0.4) is 0 Å². The first kappa shape index (κ1) is 16.2. The summed E-state index contributed by atoms with van der Waals surface area (Å²) >= 11 is 0. The number of hydrogen-bond donors (Lipinski definition) is 2. The maximum Gasteiger partial charge on any atom is 0.267 e. The zero-order valence-corrected chi connectivity index (χ0v) is 14.5. The van der Waals surface area contributed by atoms with Gasteiger partial charge in [-0.3, -0.25) is 4.79 Å². The number of aromatic amines is 1. The van der Waals surface area contributed by atoms with Crippen molar-refractivity contribution in [1.29, 1.82) is 0 Å². The van der Waals surface area contributed by atoms with Crippen LogP contribution in [0, 0.1) is 0 Å². The Morgan fingerprint density at radius 3 is 3.00 bits per heavy atom. The molecule has 1 aliphatic heterocycles. The number of fused-ring (bicyclic) bond motifs is 3. The molecule has 0 bridgehead atoms. The van der Waals surface area contributed by atoms with Crippen molar-refractivity contribution in [2.75, 3.05) is 6.61 Å². The largest absolute Gasteiger partial charge is 0.378 e. The van der Waals surface area contributed by atoms with Crippen molar-refractivity contribution >= 4 is 27.6 Å². The highest BCUT2D eigenvalue weighted by atomic mass is 16.5. The summed E-state index contributed by atoms with van der Waals surface area (Å²) in [5.74, 6) is -0.0416. The summed E-state index contributed by atoms with van der Waals surface area (Å²) in [6.45, 7) is 2.94. The molecule has 2 aromatic carbocycles. The summed E-state index contributed by atoms with van der Waals surface area (Å²) in [5.41, 5.74) is 1.62. The van der Waals surface area contributed by atoms with E-state index in [0.717, 1.165) is 43.2 Å². The van der Waals surface area contributed by atoms with Gasteiger partial charge in [0.05, 0.1) is 6.10 Å². The van der Waals surface area contributed by atoms with Crippen molar-refractivity contribution in [3.8, 4) is 0 Å². The van der Waals surface area contributed by atoms with Crippen molar-refractivity contribution in [3.63, 3.8) is 0 Å². The molecule has 0 radical (unpaired) electrons. The maximum absolute atomic E-state index is 12.6. The molecular weight excluding hydrogens is 312 g/mol. The molecule has 25 heavy (non-hydrogen) atoms. The van der Waals surface area contributed by atoms with Crippen molar-refractivity contribution in [2.45, 2.75) is 44.8 Å². The molecule has 0 saturated carbocycles. The molecule has 3 aromatic rings. The Morgan fingerprint density at radius 2 is 2.16 bits per heavy atom. The average Bonchev–Trinajstić information content (AvgIpc) is 3.29. The Hall–Kier alpha value is -2.33. The molecule has 130 valence electrons. The van der Waals surface area contributed by atoms with Crippen LogP contribution in [0.1, 0.15) is 43.1 Å². The van der Waals surface area contributed by atoms with Gasteiger partial charge in [-0.25, -0.2) is 0 Å². The summed E-state index contributed by atoms with van der Waals surface area (Å²) in [6.07, 6.45) is 4.64. The third-order valence-corrected chi connectivity index (χ3v) is 5.10. The molecular formula is C21H24N2O2. The maximum atomic E-state index is 12.6. The third kappa shape index (κ3) is 3.40. The monoisotopic (exact) mass is 336 g/mol. The number of ether oxygens (including phenoxy) is 1. The molecule has 4 rings (SSSR count). The van der Waals surface area contributed by atoms with Gasteiger partial charge < -0.3 is 15.0 Å². The van der Waals surface area contributed by atoms with Crippen LogP contribution in [-0.4, -0.2) is 29.6 Å². The van der Waals surface area contributed by atoms with Gasteiger partial charge in [0.1, 0.15) is 5.69 Å². The second kappa shape index (κ2) is 6.89. The minimum atomic E-state index is -0.0416. The van der Waals surface area contributed by atoms with Gasteiger partial charge in [0.2, 0.25) is 0 Å². The standard InChI is InChI=1S/C21H24N2O2/c1-14(8-10-16-6-4-12-25-16)22-21(24)20-13-18-17-7-3-2-5-15(17)9-11-19(18)23-20/h2-3,5,7,9,11,13-14,16,23H,4,6,8,10,12H2,1H3,(H,22,24)/t14-,16+/m0/s1. The van der Waals surface area contributed by atoms with Crippen LogP contribution in [-0.2, 0) is 4.74 Å². The first-order valence-electron chi connectivity index (χ1n) is 9.13. The molecule has 2 heterocycles. The van der Waals surface area contributed by atoms with E-state index in [1.165, 1.54) is 10.8 Å². The van der Waals surface area contributed by atoms with Crippen LogP contribution in [0.15, 0.2) is 42.5 Å². The normalized spacial score (nSPS) is 18.7. The minimum Gasteiger partial charge on any atom is -0.378 e. The number of carbonyl (C=O) groups excluding carboxylic acids is 1. The predicted molar refractivity (Wildman–Crippen MR) is 101 cm³/mol. The molecule has 4 nitrogen and oxygen atoms in total. The zero-order chi connectivity index (χ0) is 17.2. The second-order valence-electron chi connectivity index (χ2n) is 7.02. The lowest BCUT2D eigenvalue weighted by atomic mass is 10.1. The van der Waals surface area contributed by atoms with Crippen LogP contribution < -0.4 is 5.32 Å². The van der Waals surface area contributed by atoms with Crippen molar-refractivity contribution in [1.82, 2.24) is 10.3 Å². The number of amides is 1. The van der Waals surface area contributed by atoms with Crippen molar-refractivity contribution in [2.24, 2.45) is 0 Å². The Labute approximate surface area is 147 Å². The van der Waals surface area contributed by atoms with Gasteiger partial charge in [-0.15, -0.1) is 0 Å². The number of hydrogen-bond acceptors (Lipinski definition) is 2. The predicted octanol–water partition coefficient (Wildman–Crippen LogP) is 4.40. The molecule has 0 spiro atoms.